The van der Waals surface area contributed by atoms with Gasteiger partial charge >= 0.3 is 0 Å². The van der Waals surface area contributed by atoms with Crippen molar-refractivity contribution >= 4 is 21.5 Å². The molecule has 0 saturated carbocycles. The Balaban J connectivity index is 1.57. The summed E-state index contributed by atoms with van der Waals surface area (Å²) in [7, 11) is -1.30. The summed E-state index contributed by atoms with van der Waals surface area (Å²) >= 11 is 0. The van der Waals surface area contributed by atoms with E-state index in [2.05, 4.69) is 20.4 Å². The lowest BCUT2D eigenvalue weighted by Crippen LogP contribution is -2.05. The third-order valence-electron chi connectivity index (χ3n) is 4.71. The molecule has 0 saturated heterocycles. The van der Waals surface area contributed by atoms with E-state index >= 15 is 0 Å². The average molecular weight is 383 g/mol. The van der Waals surface area contributed by atoms with E-state index in [1.165, 1.54) is 11.8 Å². The molecule has 2 heterocycles. The van der Waals surface area contributed by atoms with Crippen molar-refractivity contribution in [1.29, 1.82) is 0 Å². The first-order chi connectivity index (χ1) is 12.9. The molecule has 3 aromatic rings. The number of sulfone groups is 1. The lowest BCUT2D eigenvalue weighted by Gasteiger charge is -2.09. The molecular formula is C19H21N5O2S. The van der Waals surface area contributed by atoms with Crippen molar-refractivity contribution in [3.05, 3.63) is 59.2 Å². The Morgan fingerprint density at radius 2 is 2.07 bits per heavy atom. The fraction of sp³-hybridized carbons (Fsp3) is 0.316. The number of aryl methyl sites for hydroxylation is 2. The van der Waals surface area contributed by atoms with Crippen LogP contribution >= 0.6 is 0 Å². The van der Waals surface area contributed by atoms with Crippen LogP contribution < -0.4 is 5.32 Å². The number of anilines is 2. The SMILES string of the molecule is Cn1nc2c(c1Nc1ccnc(Cc3cccc(S(C)(=O)=O)c3)n1)CCC2. The van der Waals surface area contributed by atoms with Gasteiger partial charge < -0.3 is 5.32 Å². The summed E-state index contributed by atoms with van der Waals surface area (Å²) in [6.45, 7) is 0. The Hall–Kier alpha value is -2.74. The van der Waals surface area contributed by atoms with Gasteiger partial charge in [0.1, 0.15) is 17.5 Å². The second-order valence-corrected chi connectivity index (χ2v) is 8.85. The second-order valence-electron chi connectivity index (χ2n) is 6.83. The first kappa shape index (κ1) is 17.7. The molecule has 2 aromatic heterocycles. The third kappa shape index (κ3) is 3.71. The molecule has 1 aliphatic carbocycles. The van der Waals surface area contributed by atoms with E-state index in [9.17, 15) is 8.42 Å². The van der Waals surface area contributed by atoms with Crippen LogP contribution in [0.5, 0.6) is 0 Å². The maximum absolute atomic E-state index is 11.7. The number of rotatable bonds is 5. The minimum Gasteiger partial charge on any atom is -0.325 e. The first-order valence-electron chi connectivity index (χ1n) is 8.83. The van der Waals surface area contributed by atoms with E-state index in [1.54, 1.807) is 24.4 Å². The van der Waals surface area contributed by atoms with Gasteiger partial charge in [-0.05, 0) is 43.0 Å². The van der Waals surface area contributed by atoms with Crippen LogP contribution in [0.25, 0.3) is 0 Å². The highest BCUT2D eigenvalue weighted by Crippen LogP contribution is 2.29. The predicted molar refractivity (Wildman–Crippen MR) is 103 cm³/mol. The van der Waals surface area contributed by atoms with Gasteiger partial charge in [-0.25, -0.2) is 18.4 Å². The van der Waals surface area contributed by atoms with Crippen LogP contribution in [0.4, 0.5) is 11.6 Å². The van der Waals surface area contributed by atoms with E-state index in [0.29, 0.717) is 23.0 Å². The summed E-state index contributed by atoms with van der Waals surface area (Å²) in [4.78, 5) is 9.22. The standard InChI is InChI=1S/C19H21N5O2S/c1-24-19(15-7-4-8-16(15)23-24)22-17-9-10-20-18(21-17)12-13-5-3-6-14(11-13)27(2,25)26/h3,5-6,9-11H,4,7-8,12H2,1-2H3,(H,20,21,22). The molecule has 0 radical (unpaired) electrons. The molecule has 0 amide bonds. The molecule has 0 fully saturated rings. The van der Waals surface area contributed by atoms with Crippen molar-refractivity contribution in [2.45, 2.75) is 30.6 Å². The van der Waals surface area contributed by atoms with Gasteiger partial charge in [0.25, 0.3) is 0 Å². The average Bonchev–Trinajstić information content (AvgIpc) is 3.17. The normalized spacial score (nSPS) is 13.6. The Labute approximate surface area is 158 Å². The van der Waals surface area contributed by atoms with Gasteiger partial charge in [0.2, 0.25) is 0 Å². The number of aromatic nitrogens is 4. The van der Waals surface area contributed by atoms with Crippen molar-refractivity contribution in [3.63, 3.8) is 0 Å². The van der Waals surface area contributed by atoms with Gasteiger partial charge in [-0.15, -0.1) is 0 Å². The molecule has 0 unspecified atom stereocenters. The molecule has 27 heavy (non-hydrogen) atoms. The van der Waals surface area contributed by atoms with Crippen molar-refractivity contribution < 1.29 is 8.42 Å². The van der Waals surface area contributed by atoms with E-state index in [4.69, 9.17) is 0 Å². The fourth-order valence-corrected chi connectivity index (χ4v) is 4.11. The maximum atomic E-state index is 11.7. The topological polar surface area (TPSA) is 89.8 Å². The van der Waals surface area contributed by atoms with E-state index in [1.807, 2.05) is 23.9 Å². The molecule has 1 N–H and O–H groups in total. The summed E-state index contributed by atoms with van der Waals surface area (Å²) in [5, 5.41) is 7.93. The van der Waals surface area contributed by atoms with Crippen LogP contribution in [-0.2, 0) is 36.1 Å². The highest BCUT2D eigenvalue weighted by Gasteiger charge is 2.21. The van der Waals surface area contributed by atoms with Crippen molar-refractivity contribution in [2.24, 2.45) is 7.05 Å². The second kappa shape index (κ2) is 6.77. The first-order valence-corrected chi connectivity index (χ1v) is 10.7. The van der Waals surface area contributed by atoms with Gasteiger partial charge in [-0.2, -0.15) is 5.10 Å². The van der Waals surface area contributed by atoms with Crippen LogP contribution in [0.2, 0.25) is 0 Å². The number of hydrogen-bond acceptors (Lipinski definition) is 6. The minimum atomic E-state index is -3.23. The summed E-state index contributed by atoms with van der Waals surface area (Å²) in [5.41, 5.74) is 3.28. The van der Waals surface area contributed by atoms with Crippen molar-refractivity contribution in [1.82, 2.24) is 19.7 Å². The van der Waals surface area contributed by atoms with Gasteiger partial charge in [-0.1, -0.05) is 12.1 Å². The number of fused-ring (bicyclic) bond motifs is 1. The van der Waals surface area contributed by atoms with Gasteiger partial charge in [0.05, 0.1) is 10.6 Å². The Kier molecular flexibility index (Phi) is 4.43. The largest absolute Gasteiger partial charge is 0.325 e. The molecular weight excluding hydrogens is 362 g/mol. The number of nitrogens with one attached hydrogen (secondary N) is 1. The molecule has 1 aliphatic rings. The zero-order valence-corrected chi connectivity index (χ0v) is 16.1. The highest BCUT2D eigenvalue weighted by atomic mass is 32.2. The van der Waals surface area contributed by atoms with Gasteiger partial charge in [-0.3, -0.25) is 4.68 Å². The number of hydrogen-bond donors (Lipinski definition) is 1. The van der Waals surface area contributed by atoms with Crippen LogP contribution in [0.3, 0.4) is 0 Å². The summed E-state index contributed by atoms with van der Waals surface area (Å²) < 4.78 is 25.4. The lowest BCUT2D eigenvalue weighted by atomic mass is 10.1. The molecule has 140 valence electrons. The molecule has 0 spiro atoms. The van der Waals surface area contributed by atoms with Crippen molar-refractivity contribution in [2.75, 3.05) is 11.6 Å². The fourth-order valence-electron chi connectivity index (χ4n) is 3.42. The zero-order valence-electron chi connectivity index (χ0n) is 15.3. The molecule has 0 bridgehead atoms. The molecule has 0 atom stereocenters. The molecule has 7 nitrogen and oxygen atoms in total. The summed E-state index contributed by atoms with van der Waals surface area (Å²) in [5.74, 6) is 2.31. The van der Waals surface area contributed by atoms with E-state index in [0.717, 1.165) is 36.3 Å². The minimum absolute atomic E-state index is 0.305. The van der Waals surface area contributed by atoms with Crippen LogP contribution in [0, 0.1) is 0 Å². The Morgan fingerprint density at radius 1 is 1.22 bits per heavy atom. The third-order valence-corrected chi connectivity index (χ3v) is 5.82. The highest BCUT2D eigenvalue weighted by molar-refractivity contribution is 7.90. The van der Waals surface area contributed by atoms with Crippen LogP contribution in [0.1, 0.15) is 29.1 Å². The number of benzene rings is 1. The summed E-state index contributed by atoms with van der Waals surface area (Å²) in [6.07, 6.45) is 6.57. The van der Waals surface area contributed by atoms with Crippen LogP contribution in [0.15, 0.2) is 41.4 Å². The van der Waals surface area contributed by atoms with Crippen LogP contribution in [-0.4, -0.2) is 34.4 Å². The quantitative estimate of drug-likeness (QED) is 0.728. The van der Waals surface area contributed by atoms with Crippen molar-refractivity contribution in [3.8, 4) is 0 Å². The smallest absolute Gasteiger partial charge is 0.175 e. The molecule has 1 aromatic carbocycles. The predicted octanol–water partition coefficient (Wildman–Crippen LogP) is 2.44. The van der Waals surface area contributed by atoms with E-state index in [-0.39, 0.29) is 0 Å². The molecule has 8 heteroatoms. The Morgan fingerprint density at radius 3 is 2.89 bits per heavy atom. The van der Waals surface area contributed by atoms with Gasteiger partial charge in [0.15, 0.2) is 9.84 Å². The zero-order chi connectivity index (χ0) is 19.0. The maximum Gasteiger partial charge on any atom is 0.175 e. The summed E-state index contributed by atoms with van der Waals surface area (Å²) in [6, 6.07) is 8.72. The number of nitrogens with zero attached hydrogens (tertiary/aromatic N) is 4. The molecule has 4 rings (SSSR count). The van der Waals surface area contributed by atoms with Gasteiger partial charge in [0, 0.05) is 31.5 Å². The lowest BCUT2D eigenvalue weighted by molar-refractivity contribution is 0.601. The van der Waals surface area contributed by atoms with E-state index < -0.39 is 9.84 Å². The molecule has 0 aliphatic heterocycles. The monoisotopic (exact) mass is 383 g/mol. The Bertz CT molecular complexity index is 1110.